The molecule has 0 aromatic heterocycles. The van der Waals surface area contributed by atoms with Gasteiger partial charge in [0.2, 0.25) is 5.91 Å². The second-order valence-corrected chi connectivity index (χ2v) is 6.45. The average Bonchev–Trinajstić information content (AvgIpc) is 2.35. The minimum atomic E-state index is -1.07. The van der Waals surface area contributed by atoms with Crippen LogP contribution >= 0.6 is 11.6 Å². The summed E-state index contributed by atoms with van der Waals surface area (Å²) in [5.41, 5.74) is 0.397. The van der Waals surface area contributed by atoms with E-state index in [-0.39, 0.29) is 31.0 Å². The number of halogens is 1. The molecule has 1 atom stereocenters. The maximum atomic E-state index is 11.9. The first-order chi connectivity index (χ1) is 10.2. The highest BCUT2D eigenvalue weighted by atomic mass is 35.5. The van der Waals surface area contributed by atoms with Crippen LogP contribution in [0, 0.1) is 0 Å². The van der Waals surface area contributed by atoms with E-state index in [1.54, 1.807) is 24.3 Å². The fraction of sp³-hybridized carbons (Fsp3) is 0.500. The van der Waals surface area contributed by atoms with Crippen LogP contribution in [0.25, 0.3) is 0 Å². The topological polar surface area (TPSA) is 75.6 Å². The van der Waals surface area contributed by atoms with E-state index < -0.39 is 12.0 Å². The van der Waals surface area contributed by atoms with Gasteiger partial charge < -0.3 is 15.2 Å². The second-order valence-electron chi connectivity index (χ2n) is 6.01. The third kappa shape index (κ3) is 7.43. The number of nitrogens with one attached hydrogen (secondary N) is 1. The summed E-state index contributed by atoms with van der Waals surface area (Å²) in [6.45, 7) is 5.93. The molecule has 1 rings (SSSR count). The Morgan fingerprint density at radius 3 is 2.59 bits per heavy atom. The molecule has 0 heterocycles. The molecule has 0 spiro atoms. The normalized spacial score (nSPS) is 12.7. The SMILES string of the molecule is CC(C)(C)OCCC(NC(=O)Cc1cccc(Cl)c1)C(=O)O. The summed E-state index contributed by atoms with van der Waals surface area (Å²) in [6.07, 6.45) is 0.304. The van der Waals surface area contributed by atoms with E-state index in [1.165, 1.54) is 0 Å². The van der Waals surface area contributed by atoms with Gasteiger partial charge in [-0.25, -0.2) is 4.79 Å². The summed E-state index contributed by atoms with van der Waals surface area (Å²) in [5, 5.41) is 12.2. The van der Waals surface area contributed by atoms with Crippen molar-refractivity contribution in [2.24, 2.45) is 0 Å². The molecule has 1 amide bonds. The van der Waals surface area contributed by atoms with Gasteiger partial charge in [-0.05, 0) is 38.5 Å². The lowest BCUT2D eigenvalue weighted by Gasteiger charge is -2.21. The fourth-order valence-electron chi connectivity index (χ4n) is 1.82. The Morgan fingerprint density at radius 1 is 1.36 bits per heavy atom. The quantitative estimate of drug-likeness (QED) is 0.807. The van der Waals surface area contributed by atoms with Gasteiger partial charge in [-0.15, -0.1) is 0 Å². The number of aliphatic carboxylic acids is 1. The highest BCUT2D eigenvalue weighted by molar-refractivity contribution is 6.30. The molecule has 2 N–H and O–H groups in total. The van der Waals surface area contributed by atoms with Gasteiger partial charge in [0.1, 0.15) is 6.04 Å². The molecule has 0 radical (unpaired) electrons. The van der Waals surface area contributed by atoms with Crippen molar-refractivity contribution in [1.29, 1.82) is 0 Å². The molecule has 0 aliphatic rings. The van der Waals surface area contributed by atoms with Crippen molar-refractivity contribution in [2.45, 2.75) is 45.3 Å². The number of carboxylic acids is 1. The number of hydrogen-bond donors (Lipinski definition) is 2. The summed E-state index contributed by atoms with van der Waals surface area (Å²) >= 11 is 5.85. The molecule has 0 saturated carbocycles. The van der Waals surface area contributed by atoms with Crippen molar-refractivity contribution in [3.8, 4) is 0 Å². The molecule has 0 fully saturated rings. The Kier molecular flexibility index (Phi) is 6.84. The lowest BCUT2D eigenvalue weighted by molar-refractivity contribution is -0.142. The van der Waals surface area contributed by atoms with E-state index in [2.05, 4.69) is 5.32 Å². The summed E-state index contributed by atoms with van der Waals surface area (Å²) in [7, 11) is 0. The molecule has 6 heteroatoms. The first-order valence-electron chi connectivity index (χ1n) is 7.08. The Hall–Kier alpha value is -1.59. The van der Waals surface area contributed by atoms with Crippen molar-refractivity contribution < 1.29 is 19.4 Å². The third-order valence-corrected chi connectivity index (χ3v) is 3.06. The van der Waals surface area contributed by atoms with Crippen LogP contribution in [0.15, 0.2) is 24.3 Å². The van der Waals surface area contributed by atoms with Crippen molar-refractivity contribution >= 4 is 23.5 Å². The first-order valence-corrected chi connectivity index (χ1v) is 7.46. The van der Waals surface area contributed by atoms with Crippen molar-refractivity contribution in [1.82, 2.24) is 5.32 Å². The number of carbonyl (C=O) groups is 2. The van der Waals surface area contributed by atoms with Gasteiger partial charge in [0.15, 0.2) is 0 Å². The maximum absolute atomic E-state index is 11.9. The van der Waals surface area contributed by atoms with Gasteiger partial charge in [-0.3, -0.25) is 4.79 Å². The van der Waals surface area contributed by atoms with Crippen LogP contribution in [0.1, 0.15) is 32.8 Å². The van der Waals surface area contributed by atoms with Crippen molar-refractivity contribution in [3.05, 3.63) is 34.9 Å². The molecule has 1 unspecified atom stereocenters. The second kappa shape index (κ2) is 8.15. The van der Waals surface area contributed by atoms with Gasteiger partial charge >= 0.3 is 5.97 Å². The largest absolute Gasteiger partial charge is 0.480 e. The average molecular weight is 328 g/mol. The molecule has 0 saturated heterocycles. The third-order valence-electron chi connectivity index (χ3n) is 2.83. The summed E-state index contributed by atoms with van der Waals surface area (Å²) < 4.78 is 5.49. The van der Waals surface area contributed by atoms with Crippen LogP contribution in [0.2, 0.25) is 5.02 Å². The Bertz CT molecular complexity index is 525. The summed E-state index contributed by atoms with van der Waals surface area (Å²) in [5.74, 6) is -1.43. The Balaban J connectivity index is 2.52. The van der Waals surface area contributed by atoms with Gasteiger partial charge in [-0.2, -0.15) is 0 Å². The van der Waals surface area contributed by atoms with Crippen LogP contribution in [0.3, 0.4) is 0 Å². The van der Waals surface area contributed by atoms with E-state index in [1.807, 2.05) is 20.8 Å². The first kappa shape index (κ1) is 18.5. The van der Waals surface area contributed by atoms with E-state index in [0.29, 0.717) is 5.02 Å². The van der Waals surface area contributed by atoms with Gasteiger partial charge in [0.25, 0.3) is 0 Å². The number of ether oxygens (including phenoxy) is 1. The Labute approximate surface area is 135 Å². The number of carboxylic acid groups (broad SMARTS) is 1. The maximum Gasteiger partial charge on any atom is 0.326 e. The highest BCUT2D eigenvalue weighted by Crippen LogP contribution is 2.11. The fourth-order valence-corrected chi connectivity index (χ4v) is 2.03. The zero-order valence-corrected chi connectivity index (χ0v) is 13.8. The number of amides is 1. The van der Waals surface area contributed by atoms with Gasteiger partial charge in [0.05, 0.1) is 12.0 Å². The van der Waals surface area contributed by atoms with Crippen molar-refractivity contribution in [2.75, 3.05) is 6.61 Å². The molecule has 122 valence electrons. The molecule has 1 aromatic rings. The minimum Gasteiger partial charge on any atom is -0.480 e. The molecular weight excluding hydrogens is 306 g/mol. The van der Waals surface area contributed by atoms with Crippen molar-refractivity contribution in [3.63, 3.8) is 0 Å². The van der Waals surface area contributed by atoms with E-state index in [4.69, 9.17) is 16.3 Å². The smallest absolute Gasteiger partial charge is 0.326 e. The van der Waals surface area contributed by atoms with E-state index in [9.17, 15) is 14.7 Å². The summed E-state index contributed by atoms with van der Waals surface area (Å²) in [4.78, 5) is 23.1. The predicted octanol–water partition coefficient (Wildman–Crippen LogP) is 2.66. The Morgan fingerprint density at radius 2 is 2.05 bits per heavy atom. The van der Waals surface area contributed by atoms with Crippen LogP contribution in [0.5, 0.6) is 0 Å². The molecule has 0 aliphatic carbocycles. The zero-order chi connectivity index (χ0) is 16.8. The number of benzene rings is 1. The van der Waals surface area contributed by atoms with E-state index in [0.717, 1.165) is 5.56 Å². The zero-order valence-electron chi connectivity index (χ0n) is 13.1. The number of rotatable bonds is 7. The minimum absolute atomic E-state index is 0.0878. The predicted molar refractivity (Wildman–Crippen MR) is 85.0 cm³/mol. The van der Waals surface area contributed by atoms with Crippen LogP contribution < -0.4 is 5.32 Å². The lowest BCUT2D eigenvalue weighted by atomic mass is 10.1. The number of carbonyl (C=O) groups excluding carboxylic acids is 1. The van der Waals surface area contributed by atoms with E-state index >= 15 is 0 Å². The molecule has 22 heavy (non-hydrogen) atoms. The summed E-state index contributed by atoms with van der Waals surface area (Å²) in [6, 6.07) is 5.95. The molecule has 1 aromatic carbocycles. The van der Waals surface area contributed by atoms with Gasteiger partial charge in [-0.1, -0.05) is 23.7 Å². The standard InChI is InChI=1S/C16H22ClNO4/c1-16(2,3)22-8-7-13(15(20)21)18-14(19)10-11-5-4-6-12(17)9-11/h4-6,9,13H,7-8,10H2,1-3H3,(H,18,19)(H,20,21). The van der Waals surface area contributed by atoms with Crippen LogP contribution in [-0.4, -0.2) is 35.2 Å². The monoisotopic (exact) mass is 327 g/mol. The van der Waals surface area contributed by atoms with Crippen LogP contribution in [0.4, 0.5) is 0 Å². The van der Waals surface area contributed by atoms with Gasteiger partial charge in [0, 0.05) is 18.1 Å². The van der Waals surface area contributed by atoms with Crippen LogP contribution in [-0.2, 0) is 20.7 Å². The molecular formula is C16H22ClNO4. The molecule has 0 aliphatic heterocycles. The number of hydrogen-bond acceptors (Lipinski definition) is 3. The lowest BCUT2D eigenvalue weighted by Crippen LogP contribution is -2.42. The highest BCUT2D eigenvalue weighted by Gasteiger charge is 2.21. The molecule has 0 bridgehead atoms. The molecule has 5 nitrogen and oxygen atoms in total.